The van der Waals surface area contributed by atoms with Crippen LogP contribution in [0, 0.1) is 5.92 Å². The molecule has 5 nitrogen and oxygen atoms in total. The van der Waals surface area contributed by atoms with E-state index in [2.05, 4.69) is 40.9 Å². The molecule has 2 heterocycles. The predicted octanol–water partition coefficient (Wildman–Crippen LogP) is 4.34. The van der Waals surface area contributed by atoms with Crippen molar-refractivity contribution in [1.29, 1.82) is 0 Å². The molecule has 27 heavy (non-hydrogen) atoms. The Hall–Kier alpha value is -3.21. The number of rotatable bonds is 6. The van der Waals surface area contributed by atoms with E-state index in [4.69, 9.17) is 11.5 Å². The molecule has 1 saturated carbocycles. The summed E-state index contributed by atoms with van der Waals surface area (Å²) in [6.45, 7) is 6.16. The van der Waals surface area contributed by atoms with E-state index in [0.29, 0.717) is 11.7 Å². The van der Waals surface area contributed by atoms with Gasteiger partial charge in [-0.2, -0.15) is 0 Å². The molecular weight excluding hydrogens is 334 g/mol. The van der Waals surface area contributed by atoms with Crippen LogP contribution in [-0.4, -0.2) is 16.0 Å². The van der Waals surface area contributed by atoms with Crippen LogP contribution in [0.1, 0.15) is 30.9 Å². The fourth-order valence-corrected chi connectivity index (χ4v) is 3.55. The van der Waals surface area contributed by atoms with Crippen molar-refractivity contribution < 1.29 is 0 Å². The molecule has 0 bridgehead atoms. The molecule has 1 aliphatic carbocycles. The summed E-state index contributed by atoms with van der Waals surface area (Å²) in [5.74, 6) is 1.67. The third-order valence-electron chi connectivity index (χ3n) is 5.29. The van der Waals surface area contributed by atoms with E-state index in [0.717, 1.165) is 44.7 Å². The van der Waals surface area contributed by atoms with Crippen molar-refractivity contribution in [3.8, 4) is 0 Å². The molecule has 1 fully saturated rings. The Kier molecular flexibility index (Phi) is 4.36. The number of fused-ring (bicyclic) bond motifs is 3. The van der Waals surface area contributed by atoms with Gasteiger partial charge in [0, 0.05) is 34.4 Å². The number of allylic oxidation sites excluding steroid dienone is 2. The molecule has 2 aromatic heterocycles. The summed E-state index contributed by atoms with van der Waals surface area (Å²) in [4.78, 5) is 8.22. The molecule has 4 rings (SSSR count). The van der Waals surface area contributed by atoms with Crippen LogP contribution < -0.4 is 16.8 Å². The second-order valence-electron chi connectivity index (χ2n) is 7.18. The second kappa shape index (κ2) is 6.83. The number of hydrogen-bond acceptors (Lipinski definition) is 4. The summed E-state index contributed by atoms with van der Waals surface area (Å²) >= 11 is 0. The molecular formula is C22H25N5. The van der Waals surface area contributed by atoms with Crippen molar-refractivity contribution in [2.24, 2.45) is 17.4 Å². The van der Waals surface area contributed by atoms with Gasteiger partial charge in [-0.25, -0.2) is 4.98 Å². The Labute approximate surface area is 158 Å². The number of aromatic amines is 1. The van der Waals surface area contributed by atoms with Gasteiger partial charge in [0.1, 0.15) is 5.82 Å². The van der Waals surface area contributed by atoms with Crippen LogP contribution in [0.2, 0.25) is 0 Å². The molecule has 1 unspecified atom stereocenters. The van der Waals surface area contributed by atoms with E-state index in [1.807, 2.05) is 18.3 Å². The van der Waals surface area contributed by atoms with Crippen LogP contribution in [0.4, 0.5) is 5.82 Å². The van der Waals surface area contributed by atoms with Crippen LogP contribution in [0.5, 0.6) is 0 Å². The monoisotopic (exact) mass is 359 g/mol. The Morgan fingerprint density at radius 3 is 2.93 bits per heavy atom. The first kappa shape index (κ1) is 17.2. The third kappa shape index (κ3) is 3.16. The maximum atomic E-state index is 6.16. The molecule has 0 aliphatic heterocycles. The van der Waals surface area contributed by atoms with Crippen molar-refractivity contribution in [3.63, 3.8) is 0 Å². The highest BCUT2D eigenvalue weighted by molar-refractivity contribution is 6.14. The van der Waals surface area contributed by atoms with Crippen molar-refractivity contribution >= 4 is 39.4 Å². The van der Waals surface area contributed by atoms with Gasteiger partial charge in [0.2, 0.25) is 0 Å². The van der Waals surface area contributed by atoms with Crippen LogP contribution in [0.25, 0.3) is 33.6 Å². The zero-order valence-corrected chi connectivity index (χ0v) is 15.5. The molecule has 0 amide bonds. The van der Waals surface area contributed by atoms with Crippen molar-refractivity contribution in [2.45, 2.75) is 25.8 Å². The Bertz CT molecular complexity index is 1070. The lowest BCUT2D eigenvalue weighted by atomic mass is 10.1. The zero-order valence-electron chi connectivity index (χ0n) is 15.5. The molecule has 1 aliphatic rings. The number of nitrogens with two attached hydrogens (primary N) is 2. The maximum Gasteiger partial charge on any atom is 0.136 e. The number of H-pyrrole nitrogens is 1. The number of nitrogens with one attached hydrogen (secondary N) is 2. The van der Waals surface area contributed by atoms with Gasteiger partial charge < -0.3 is 21.8 Å². The minimum atomic E-state index is 0.418. The first-order chi connectivity index (χ1) is 13.1. The van der Waals surface area contributed by atoms with Crippen molar-refractivity contribution in [1.82, 2.24) is 9.97 Å². The van der Waals surface area contributed by atoms with Crippen molar-refractivity contribution in [3.05, 3.63) is 60.5 Å². The first-order valence-corrected chi connectivity index (χ1v) is 9.30. The number of hydrogen-bond donors (Lipinski definition) is 4. The summed E-state index contributed by atoms with van der Waals surface area (Å²) < 4.78 is 0. The van der Waals surface area contributed by atoms with Gasteiger partial charge in [-0.3, -0.25) is 0 Å². The highest BCUT2D eigenvalue weighted by atomic mass is 15.0. The molecule has 3 aromatic rings. The summed E-state index contributed by atoms with van der Waals surface area (Å²) in [6.07, 6.45) is 11.3. The van der Waals surface area contributed by atoms with Gasteiger partial charge in [0.05, 0.1) is 10.9 Å². The fraction of sp³-hybridized carbons (Fsp3) is 0.227. The summed E-state index contributed by atoms with van der Waals surface area (Å²) in [5, 5.41) is 5.84. The second-order valence-corrected chi connectivity index (χ2v) is 7.18. The molecule has 0 radical (unpaired) electrons. The smallest absolute Gasteiger partial charge is 0.136 e. The standard InChI is InChI=1S/C22H25N5/c1-3-14-12-25-22(26-13(2)15-6-7-15)20-17-9-8-16(18(24)5-4-10-23)11-19(17)27-21(14)20/h3-5,8-13,15,27H,1,6-7,23-24H2,2H3,(H,25,26)/b10-4-,18-5-. The van der Waals surface area contributed by atoms with Gasteiger partial charge in [-0.15, -0.1) is 0 Å². The summed E-state index contributed by atoms with van der Waals surface area (Å²) in [5.41, 5.74) is 16.2. The van der Waals surface area contributed by atoms with E-state index < -0.39 is 0 Å². The van der Waals surface area contributed by atoms with Gasteiger partial charge in [0.25, 0.3) is 0 Å². The highest BCUT2D eigenvalue weighted by Gasteiger charge is 2.28. The molecule has 6 N–H and O–H groups in total. The number of anilines is 1. The molecule has 5 heteroatoms. The van der Waals surface area contributed by atoms with Crippen LogP contribution >= 0.6 is 0 Å². The lowest BCUT2D eigenvalue weighted by Gasteiger charge is -2.15. The lowest BCUT2D eigenvalue weighted by molar-refractivity contribution is 0.692. The van der Waals surface area contributed by atoms with E-state index in [1.165, 1.54) is 19.0 Å². The first-order valence-electron chi connectivity index (χ1n) is 9.30. The normalized spacial score (nSPS) is 16.3. The summed E-state index contributed by atoms with van der Waals surface area (Å²) in [7, 11) is 0. The van der Waals surface area contributed by atoms with E-state index in [-0.39, 0.29) is 0 Å². The maximum absolute atomic E-state index is 6.16. The lowest BCUT2D eigenvalue weighted by Crippen LogP contribution is -2.18. The van der Waals surface area contributed by atoms with Gasteiger partial charge >= 0.3 is 0 Å². The van der Waals surface area contributed by atoms with Crippen LogP contribution in [0.3, 0.4) is 0 Å². The van der Waals surface area contributed by atoms with E-state index >= 15 is 0 Å². The molecule has 1 atom stereocenters. The topological polar surface area (TPSA) is 92.8 Å². The molecule has 0 spiro atoms. The van der Waals surface area contributed by atoms with Gasteiger partial charge in [-0.1, -0.05) is 24.8 Å². The Morgan fingerprint density at radius 2 is 2.22 bits per heavy atom. The number of aromatic nitrogens is 2. The average Bonchev–Trinajstić information content (AvgIpc) is 3.46. The SMILES string of the molecule is C=Cc1cnc(NC(C)C2CC2)c2c1[nH]c1cc(/C(N)=C/C=C\N)ccc12. The quantitative estimate of drug-likeness (QED) is 0.493. The molecule has 138 valence electrons. The Balaban J connectivity index is 1.87. The number of benzene rings is 1. The minimum Gasteiger partial charge on any atom is -0.405 e. The molecule has 1 aromatic carbocycles. The van der Waals surface area contributed by atoms with Gasteiger partial charge in [-0.05, 0) is 55.7 Å². The number of pyridine rings is 1. The predicted molar refractivity (Wildman–Crippen MR) is 115 cm³/mol. The fourth-order valence-electron chi connectivity index (χ4n) is 3.55. The molecule has 0 saturated heterocycles. The Morgan fingerprint density at radius 1 is 1.41 bits per heavy atom. The average molecular weight is 359 g/mol. The zero-order chi connectivity index (χ0) is 19.0. The summed E-state index contributed by atoms with van der Waals surface area (Å²) in [6, 6.07) is 6.60. The highest BCUT2D eigenvalue weighted by Crippen LogP contribution is 2.37. The third-order valence-corrected chi connectivity index (χ3v) is 5.29. The van der Waals surface area contributed by atoms with E-state index in [1.54, 1.807) is 12.2 Å². The number of nitrogens with zero attached hydrogens (tertiary/aromatic N) is 1. The van der Waals surface area contributed by atoms with Gasteiger partial charge in [0.15, 0.2) is 0 Å². The van der Waals surface area contributed by atoms with E-state index in [9.17, 15) is 0 Å². The van der Waals surface area contributed by atoms with Crippen LogP contribution in [0.15, 0.2) is 49.3 Å². The van der Waals surface area contributed by atoms with Crippen LogP contribution in [-0.2, 0) is 0 Å². The minimum absolute atomic E-state index is 0.418. The van der Waals surface area contributed by atoms with Crippen molar-refractivity contribution in [2.75, 3.05) is 5.32 Å². The largest absolute Gasteiger partial charge is 0.405 e.